The summed E-state index contributed by atoms with van der Waals surface area (Å²) < 4.78 is 14.1. The number of hydrogen-bond acceptors (Lipinski definition) is 6. The molecule has 2 aromatic rings. The van der Waals surface area contributed by atoms with E-state index in [-0.39, 0.29) is 17.2 Å². The highest BCUT2D eigenvalue weighted by atomic mass is 19.1. The van der Waals surface area contributed by atoms with Gasteiger partial charge in [-0.1, -0.05) is 32.9 Å². The smallest absolute Gasteiger partial charge is 0.326 e. The van der Waals surface area contributed by atoms with Crippen molar-refractivity contribution in [2.24, 2.45) is 16.4 Å². The molecule has 11 heteroatoms. The van der Waals surface area contributed by atoms with E-state index in [0.29, 0.717) is 10.6 Å². The van der Waals surface area contributed by atoms with Crippen LogP contribution < -0.4 is 21.0 Å². The number of imide groups is 2. The molecular formula is C23H22FN5O5. The summed E-state index contributed by atoms with van der Waals surface area (Å²) in [7, 11) is 0. The van der Waals surface area contributed by atoms with Crippen molar-refractivity contribution >= 4 is 47.2 Å². The van der Waals surface area contributed by atoms with Gasteiger partial charge in [0.1, 0.15) is 5.82 Å². The van der Waals surface area contributed by atoms with Gasteiger partial charge in [0.15, 0.2) is 5.92 Å². The number of urea groups is 1. The summed E-state index contributed by atoms with van der Waals surface area (Å²) in [6, 6.07) is 10.00. The van der Waals surface area contributed by atoms with Crippen LogP contribution in [0.2, 0.25) is 0 Å². The Balaban J connectivity index is 1.67. The summed E-state index contributed by atoms with van der Waals surface area (Å²) in [6.45, 7) is 5.31. The molecule has 0 bridgehead atoms. The SMILES string of the molecule is CC(C)(C)C(=O)Nc1ccc(C(=O)N/N=C\[C@H]2C(=O)NC(=O)N(c3ccccc3F)C2=O)cc1. The molecule has 1 fully saturated rings. The van der Waals surface area contributed by atoms with Crippen LogP contribution in [0.4, 0.5) is 20.6 Å². The number of carbonyl (C=O) groups excluding carboxylic acids is 5. The summed E-state index contributed by atoms with van der Waals surface area (Å²) in [5.74, 6) is -5.20. The molecule has 3 N–H and O–H groups in total. The van der Waals surface area contributed by atoms with Gasteiger partial charge in [0.25, 0.3) is 11.8 Å². The van der Waals surface area contributed by atoms with E-state index < -0.39 is 40.9 Å². The van der Waals surface area contributed by atoms with Gasteiger partial charge in [-0.3, -0.25) is 24.5 Å². The zero-order valence-electron chi connectivity index (χ0n) is 18.6. The Kier molecular flexibility index (Phi) is 6.85. The number of hydrazone groups is 1. The Bertz CT molecular complexity index is 1190. The van der Waals surface area contributed by atoms with Crippen LogP contribution in [-0.4, -0.2) is 35.9 Å². The standard InChI is InChI=1S/C23H22FN5O5/c1-23(2,3)21(33)26-14-10-8-13(9-11-14)18(30)28-25-12-15-19(31)27-22(34)29(20(15)32)17-7-5-4-6-16(17)24/h4-12,15H,1-3H3,(H,26,33)(H,28,30)(H,27,31,34)/b25-12-/t15-/m0/s1. The van der Waals surface area contributed by atoms with Crippen molar-refractivity contribution in [2.75, 3.05) is 10.2 Å². The number of halogens is 1. The lowest BCUT2D eigenvalue weighted by atomic mass is 9.95. The molecule has 3 rings (SSSR count). The third kappa shape index (κ3) is 5.31. The van der Waals surface area contributed by atoms with E-state index in [0.717, 1.165) is 12.3 Å². The van der Waals surface area contributed by atoms with E-state index >= 15 is 0 Å². The Morgan fingerprint density at radius 1 is 1.06 bits per heavy atom. The minimum Gasteiger partial charge on any atom is -0.326 e. The van der Waals surface area contributed by atoms with Gasteiger partial charge in [-0.05, 0) is 36.4 Å². The number of hydrogen-bond donors (Lipinski definition) is 3. The predicted molar refractivity (Wildman–Crippen MR) is 121 cm³/mol. The van der Waals surface area contributed by atoms with Crippen molar-refractivity contribution in [3.63, 3.8) is 0 Å². The van der Waals surface area contributed by atoms with E-state index in [1.807, 2.05) is 5.32 Å². The summed E-state index contributed by atoms with van der Waals surface area (Å²) in [4.78, 5) is 61.7. The van der Waals surface area contributed by atoms with Crippen molar-refractivity contribution in [2.45, 2.75) is 20.8 Å². The first kappa shape index (κ1) is 24.2. The number of rotatable bonds is 5. The van der Waals surface area contributed by atoms with E-state index in [1.165, 1.54) is 42.5 Å². The third-order valence-corrected chi connectivity index (χ3v) is 4.77. The average Bonchev–Trinajstić information content (AvgIpc) is 2.77. The van der Waals surface area contributed by atoms with E-state index in [4.69, 9.17) is 0 Å². The fraction of sp³-hybridized carbons (Fsp3) is 0.217. The van der Waals surface area contributed by atoms with Gasteiger partial charge in [0.2, 0.25) is 11.8 Å². The second-order valence-electron chi connectivity index (χ2n) is 8.40. The van der Waals surface area contributed by atoms with Crippen LogP contribution in [0.1, 0.15) is 31.1 Å². The maximum atomic E-state index is 14.1. The Morgan fingerprint density at radius 3 is 2.32 bits per heavy atom. The molecule has 2 aromatic carbocycles. The molecule has 1 aliphatic rings. The van der Waals surface area contributed by atoms with Gasteiger partial charge >= 0.3 is 6.03 Å². The second kappa shape index (κ2) is 9.61. The lowest BCUT2D eigenvalue weighted by Crippen LogP contribution is -2.59. The van der Waals surface area contributed by atoms with Crippen LogP contribution in [0.5, 0.6) is 0 Å². The van der Waals surface area contributed by atoms with Gasteiger partial charge in [-0.2, -0.15) is 5.10 Å². The summed E-state index contributed by atoms with van der Waals surface area (Å²) in [5.41, 5.74) is 1.98. The number of nitrogens with one attached hydrogen (secondary N) is 3. The zero-order valence-corrected chi connectivity index (χ0v) is 18.6. The quantitative estimate of drug-likeness (QED) is 0.352. The molecule has 6 amide bonds. The fourth-order valence-electron chi connectivity index (χ4n) is 2.84. The zero-order chi connectivity index (χ0) is 25.0. The Labute approximate surface area is 194 Å². The molecule has 10 nitrogen and oxygen atoms in total. The van der Waals surface area contributed by atoms with Crippen molar-refractivity contribution in [1.82, 2.24) is 10.7 Å². The molecule has 1 saturated heterocycles. The maximum absolute atomic E-state index is 14.1. The van der Waals surface area contributed by atoms with Crippen LogP contribution >= 0.6 is 0 Å². The highest BCUT2D eigenvalue weighted by Gasteiger charge is 2.41. The van der Waals surface area contributed by atoms with Gasteiger partial charge < -0.3 is 5.32 Å². The molecule has 0 aliphatic carbocycles. The largest absolute Gasteiger partial charge is 0.335 e. The molecule has 0 radical (unpaired) electrons. The lowest BCUT2D eigenvalue weighted by Gasteiger charge is -2.28. The summed E-state index contributed by atoms with van der Waals surface area (Å²) in [6.07, 6.45) is 0.855. The first-order chi connectivity index (χ1) is 16.0. The molecular weight excluding hydrogens is 445 g/mol. The molecule has 1 atom stereocenters. The van der Waals surface area contributed by atoms with Gasteiger partial charge in [-0.25, -0.2) is 19.5 Å². The topological polar surface area (TPSA) is 137 Å². The molecule has 0 spiro atoms. The number of amides is 6. The number of nitrogens with zero attached hydrogens (tertiary/aromatic N) is 2. The monoisotopic (exact) mass is 467 g/mol. The normalized spacial score (nSPS) is 16.4. The van der Waals surface area contributed by atoms with Crippen LogP contribution in [-0.2, 0) is 14.4 Å². The van der Waals surface area contributed by atoms with Crippen molar-refractivity contribution in [3.8, 4) is 0 Å². The summed E-state index contributed by atoms with van der Waals surface area (Å²) in [5, 5.41) is 8.33. The van der Waals surface area contributed by atoms with Crippen molar-refractivity contribution in [1.29, 1.82) is 0 Å². The molecule has 0 unspecified atom stereocenters. The van der Waals surface area contributed by atoms with Crippen LogP contribution in [0.25, 0.3) is 0 Å². The number of benzene rings is 2. The summed E-state index contributed by atoms with van der Waals surface area (Å²) >= 11 is 0. The molecule has 176 valence electrons. The molecule has 1 heterocycles. The van der Waals surface area contributed by atoms with E-state index in [9.17, 15) is 28.4 Å². The minimum absolute atomic E-state index is 0.187. The van der Waals surface area contributed by atoms with Gasteiger partial charge in [-0.15, -0.1) is 0 Å². The number of anilines is 2. The maximum Gasteiger partial charge on any atom is 0.335 e. The molecule has 1 aliphatic heterocycles. The van der Waals surface area contributed by atoms with Crippen LogP contribution in [0.3, 0.4) is 0 Å². The van der Waals surface area contributed by atoms with E-state index in [2.05, 4.69) is 15.8 Å². The lowest BCUT2D eigenvalue weighted by molar-refractivity contribution is -0.131. The highest BCUT2D eigenvalue weighted by Crippen LogP contribution is 2.23. The van der Waals surface area contributed by atoms with Crippen LogP contribution in [0.15, 0.2) is 53.6 Å². The predicted octanol–water partition coefficient (Wildman–Crippen LogP) is 2.43. The first-order valence-electron chi connectivity index (χ1n) is 10.2. The Morgan fingerprint density at radius 2 is 1.71 bits per heavy atom. The number of para-hydroxylation sites is 1. The second-order valence-corrected chi connectivity index (χ2v) is 8.40. The van der Waals surface area contributed by atoms with Crippen molar-refractivity contribution in [3.05, 3.63) is 59.9 Å². The van der Waals surface area contributed by atoms with Crippen LogP contribution in [0, 0.1) is 17.2 Å². The Hall–Kier alpha value is -4.41. The first-order valence-corrected chi connectivity index (χ1v) is 10.2. The van der Waals surface area contributed by atoms with Crippen molar-refractivity contribution < 1.29 is 28.4 Å². The molecule has 34 heavy (non-hydrogen) atoms. The fourth-order valence-corrected chi connectivity index (χ4v) is 2.84. The number of barbiturate groups is 1. The highest BCUT2D eigenvalue weighted by molar-refractivity contribution is 6.32. The van der Waals surface area contributed by atoms with Gasteiger partial charge in [0.05, 0.1) is 5.69 Å². The average molecular weight is 467 g/mol. The van der Waals surface area contributed by atoms with E-state index in [1.54, 1.807) is 20.8 Å². The van der Waals surface area contributed by atoms with Gasteiger partial charge in [0, 0.05) is 22.9 Å². The molecule has 0 saturated carbocycles. The number of carbonyl (C=O) groups is 5. The third-order valence-electron chi connectivity index (χ3n) is 4.77. The minimum atomic E-state index is -1.56. The molecule has 0 aromatic heterocycles.